The summed E-state index contributed by atoms with van der Waals surface area (Å²) in [4.78, 5) is 0. The van der Waals surface area contributed by atoms with Gasteiger partial charge in [0.15, 0.2) is 11.6 Å². The summed E-state index contributed by atoms with van der Waals surface area (Å²) in [6.07, 6.45) is 0. The molecule has 0 spiro atoms. The van der Waals surface area contributed by atoms with Gasteiger partial charge in [0, 0.05) is 18.6 Å². The molecule has 0 heterocycles. The van der Waals surface area contributed by atoms with Gasteiger partial charge in [0.05, 0.1) is 0 Å². The lowest BCUT2D eigenvalue weighted by Gasteiger charge is -2.09. The predicted molar refractivity (Wildman–Crippen MR) is 41.8 cm³/mol. The Hall–Kier alpha value is -1.03. The second kappa shape index (κ2) is 3.79. The molecule has 13 heavy (non-hydrogen) atoms. The van der Waals surface area contributed by atoms with Crippen LogP contribution in [-0.4, -0.2) is 11.7 Å². The van der Waals surface area contributed by atoms with Gasteiger partial charge < -0.3 is 5.11 Å². The van der Waals surface area contributed by atoms with Gasteiger partial charge in [0.1, 0.15) is 5.82 Å². The molecular weight excluding hydrogens is 181 g/mol. The van der Waals surface area contributed by atoms with Crippen LogP contribution in [0.15, 0.2) is 12.1 Å². The van der Waals surface area contributed by atoms with Crippen molar-refractivity contribution in [1.29, 1.82) is 0 Å². The number of halogens is 3. The summed E-state index contributed by atoms with van der Waals surface area (Å²) in [7, 11) is 0. The van der Waals surface area contributed by atoms with E-state index in [1.807, 2.05) is 0 Å². The van der Waals surface area contributed by atoms with Crippen LogP contribution in [-0.2, 0) is 0 Å². The monoisotopic (exact) mass is 190 g/mol. The first-order valence-corrected chi connectivity index (χ1v) is 3.81. The quantitative estimate of drug-likeness (QED) is 0.709. The lowest BCUT2D eigenvalue weighted by atomic mass is 10.0. The molecule has 1 atom stereocenters. The highest BCUT2D eigenvalue weighted by Crippen LogP contribution is 2.21. The molecule has 1 nitrogen and oxygen atoms in total. The van der Waals surface area contributed by atoms with Crippen LogP contribution in [0.4, 0.5) is 13.2 Å². The summed E-state index contributed by atoms with van der Waals surface area (Å²) in [6, 6.07) is 1.36. The third kappa shape index (κ3) is 2.01. The van der Waals surface area contributed by atoms with E-state index in [1.54, 1.807) is 0 Å². The molecule has 0 amide bonds. The van der Waals surface area contributed by atoms with E-state index < -0.39 is 23.4 Å². The first-order valence-electron chi connectivity index (χ1n) is 3.81. The van der Waals surface area contributed by atoms with Crippen molar-refractivity contribution >= 4 is 0 Å². The Morgan fingerprint density at radius 2 is 1.92 bits per heavy atom. The first kappa shape index (κ1) is 10.1. The summed E-state index contributed by atoms with van der Waals surface area (Å²) >= 11 is 0. The zero-order valence-corrected chi connectivity index (χ0v) is 7.02. The van der Waals surface area contributed by atoms with Crippen LogP contribution in [0.5, 0.6) is 0 Å². The van der Waals surface area contributed by atoms with Gasteiger partial charge in [-0.3, -0.25) is 0 Å². The molecule has 72 valence electrons. The van der Waals surface area contributed by atoms with Crippen LogP contribution in [0.2, 0.25) is 0 Å². The Labute approximate surface area is 73.8 Å². The molecule has 0 aliphatic rings. The van der Waals surface area contributed by atoms with Crippen molar-refractivity contribution < 1.29 is 18.3 Å². The summed E-state index contributed by atoms with van der Waals surface area (Å²) in [6.45, 7) is 1.14. The van der Waals surface area contributed by atoms with Gasteiger partial charge >= 0.3 is 0 Å². The van der Waals surface area contributed by atoms with E-state index in [2.05, 4.69) is 0 Å². The van der Waals surface area contributed by atoms with Crippen LogP contribution in [0, 0.1) is 17.5 Å². The molecule has 0 fully saturated rings. The Morgan fingerprint density at radius 3 is 2.46 bits per heavy atom. The van der Waals surface area contributed by atoms with Gasteiger partial charge in [-0.15, -0.1) is 0 Å². The van der Waals surface area contributed by atoms with Crippen LogP contribution < -0.4 is 0 Å². The lowest BCUT2D eigenvalue weighted by Crippen LogP contribution is -2.04. The highest BCUT2D eigenvalue weighted by atomic mass is 19.2. The number of benzene rings is 1. The number of aliphatic hydroxyl groups excluding tert-OH is 1. The number of hydrogen-bond acceptors (Lipinski definition) is 1. The second-order valence-corrected chi connectivity index (χ2v) is 2.87. The van der Waals surface area contributed by atoms with Gasteiger partial charge in [-0.05, 0) is 11.6 Å². The normalized spacial score (nSPS) is 13.0. The molecule has 1 rings (SSSR count). The molecule has 4 heteroatoms. The van der Waals surface area contributed by atoms with Gasteiger partial charge in [0.2, 0.25) is 0 Å². The van der Waals surface area contributed by atoms with Crippen molar-refractivity contribution in [2.75, 3.05) is 6.61 Å². The molecule has 0 radical (unpaired) electrons. The van der Waals surface area contributed by atoms with Crippen LogP contribution >= 0.6 is 0 Å². The SMILES string of the molecule is CC(CO)c1cc(F)cc(F)c1F. The van der Waals surface area contributed by atoms with E-state index >= 15 is 0 Å². The molecule has 0 aromatic heterocycles. The van der Waals surface area contributed by atoms with E-state index in [0.717, 1.165) is 6.07 Å². The minimum absolute atomic E-state index is 0.139. The van der Waals surface area contributed by atoms with Crippen molar-refractivity contribution in [3.05, 3.63) is 35.1 Å². The minimum atomic E-state index is -1.23. The molecular formula is C9H9F3O. The van der Waals surface area contributed by atoms with E-state index in [0.29, 0.717) is 6.07 Å². The highest BCUT2D eigenvalue weighted by molar-refractivity contribution is 5.23. The van der Waals surface area contributed by atoms with Crippen LogP contribution in [0.3, 0.4) is 0 Å². The molecule has 1 aromatic carbocycles. The van der Waals surface area contributed by atoms with Gasteiger partial charge in [0.25, 0.3) is 0 Å². The van der Waals surface area contributed by atoms with E-state index in [9.17, 15) is 13.2 Å². The number of rotatable bonds is 2. The zero-order valence-electron chi connectivity index (χ0n) is 7.02. The van der Waals surface area contributed by atoms with Crippen molar-refractivity contribution in [2.45, 2.75) is 12.8 Å². The summed E-state index contributed by atoms with van der Waals surface area (Å²) < 4.78 is 38.2. The molecule has 1 N–H and O–H groups in total. The Balaban J connectivity index is 3.20. The topological polar surface area (TPSA) is 20.2 Å². The Bertz CT molecular complexity index is 312. The Morgan fingerprint density at radius 1 is 1.31 bits per heavy atom. The minimum Gasteiger partial charge on any atom is -0.396 e. The molecule has 0 bridgehead atoms. The van der Waals surface area contributed by atoms with Crippen LogP contribution in [0.25, 0.3) is 0 Å². The van der Waals surface area contributed by atoms with Crippen molar-refractivity contribution in [3.63, 3.8) is 0 Å². The maximum absolute atomic E-state index is 13.0. The number of hydrogen-bond donors (Lipinski definition) is 1. The van der Waals surface area contributed by atoms with Gasteiger partial charge in [-0.1, -0.05) is 6.92 Å². The third-order valence-electron chi connectivity index (χ3n) is 1.83. The van der Waals surface area contributed by atoms with Crippen LogP contribution in [0.1, 0.15) is 18.4 Å². The maximum Gasteiger partial charge on any atom is 0.162 e. The van der Waals surface area contributed by atoms with E-state index in [4.69, 9.17) is 5.11 Å². The summed E-state index contributed by atoms with van der Waals surface area (Å²) in [5, 5.41) is 8.68. The smallest absolute Gasteiger partial charge is 0.162 e. The Kier molecular flexibility index (Phi) is 2.93. The fraction of sp³-hybridized carbons (Fsp3) is 0.333. The standard InChI is InChI=1S/C9H9F3O/c1-5(4-13)7-2-6(10)3-8(11)9(7)12/h2-3,5,13H,4H2,1H3. The summed E-state index contributed by atoms with van der Waals surface area (Å²) in [5.74, 6) is -3.77. The van der Waals surface area contributed by atoms with Crippen molar-refractivity contribution in [3.8, 4) is 0 Å². The lowest BCUT2D eigenvalue weighted by molar-refractivity contribution is 0.269. The fourth-order valence-electron chi connectivity index (χ4n) is 1.03. The van der Waals surface area contributed by atoms with E-state index in [1.165, 1.54) is 6.92 Å². The van der Waals surface area contributed by atoms with Crippen molar-refractivity contribution in [2.24, 2.45) is 0 Å². The molecule has 0 saturated carbocycles. The van der Waals surface area contributed by atoms with Gasteiger partial charge in [-0.2, -0.15) is 0 Å². The molecule has 1 aromatic rings. The zero-order chi connectivity index (χ0) is 10.0. The first-order chi connectivity index (χ1) is 6.06. The predicted octanol–water partition coefficient (Wildman–Crippen LogP) is 2.20. The molecule has 1 unspecified atom stereocenters. The average Bonchev–Trinajstić information content (AvgIpc) is 2.10. The maximum atomic E-state index is 13.0. The van der Waals surface area contributed by atoms with Crippen molar-refractivity contribution in [1.82, 2.24) is 0 Å². The highest BCUT2D eigenvalue weighted by Gasteiger charge is 2.15. The molecule has 0 saturated heterocycles. The fourth-order valence-corrected chi connectivity index (χ4v) is 1.03. The molecule has 0 aliphatic carbocycles. The second-order valence-electron chi connectivity index (χ2n) is 2.87. The summed E-state index contributed by atoms with van der Waals surface area (Å²) in [5.41, 5.74) is -0.139. The molecule has 0 aliphatic heterocycles. The number of aliphatic hydroxyl groups is 1. The average molecular weight is 190 g/mol. The largest absolute Gasteiger partial charge is 0.396 e. The van der Waals surface area contributed by atoms with Gasteiger partial charge in [-0.25, -0.2) is 13.2 Å². The third-order valence-corrected chi connectivity index (χ3v) is 1.83. The van der Waals surface area contributed by atoms with E-state index in [-0.39, 0.29) is 12.2 Å².